The fourth-order valence-corrected chi connectivity index (χ4v) is 2.51. The third kappa shape index (κ3) is 2.55. The molecule has 1 saturated heterocycles. The largest absolute Gasteiger partial charge is 0.340 e. The summed E-state index contributed by atoms with van der Waals surface area (Å²) in [6.45, 7) is 7.36. The van der Waals surface area contributed by atoms with Gasteiger partial charge in [-0.05, 0) is 44.9 Å². The van der Waals surface area contributed by atoms with Crippen LogP contribution >= 0.6 is 0 Å². The number of amides is 2. The lowest BCUT2D eigenvalue weighted by Gasteiger charge is -2.41. The van der Waals surface area contributed by atoms with Crippen molar-refractivity contribution in [2.24, 2.45) is 0 Å². The molecule has 1 aliphatic rings. The second kappa shape index (κ2) is 5.27. The molecular formula is C16H22N2O2. The van der Waals surface area contributed by atoms with E-state index in [1.165, 1.54) is 5.56 Å². The molecule has 0 saturated carbocycles. The Morgan fingerprint density at radius 3 is 2.35 bits per heavy atom. The molecule has 1 aromatic rings. The second-order valence-electron chi connectivity index (χ2n) is 5.88. The van der Waals surface area contributed by atoms with Crippen LogP contribution in [0.2, 0.25) is 0 Å². The lowest BCUT2D eigenvalue weighted by atomic mass is 9.96. The standard InChI is InChI=1S/C16H22N2O2/c1-5-6-12-7-9-13(10-8-12)18-11(2)14(19)17-16(3,4)15(18)20/h7-11H,5-6H2,1-4H3,(H,17,19). The van der Waals surface area contributed by atoms with Gasteiger partial charge >= 0.3 is 0 Å². The summed E-state index contributed by atoms with van der Waals surface area (Å²) in [5.41, 5.74) is 1.17. The van der Waals surface area contributed by atoms with Crippen molar-refractivity contribution >= 4 is 17.5 Å². The van der Waals surface area contributed by atoms with Crippen molar-refractivity contribution in [1.29, 1.82) is 0 Å². The van der Waals surface area contributed by atoms with Crippen LogP contribution in [0, 0.1) is 0 Å². The summed E-state index contributed by atoms with van der Waals surface area (Å²) in [6.07, 6.45) is 2.11. The zero-order chi connectivity index (χ0) is 14.9. The highest BCUT2D eigenvalue weighted by Gasteiger charge is 2.43. The maximum Gasteiger partial charge on any atom is 0.252 e. The highest BCUT2D eigenvalue weighted by atomic mass is 16.2. The average molecular weight is 274 g/mol. The van der Waals surface area contributed by atoms with Gasteiger partial charge in [0.15, 0.2) is 0 Å². The van der Waals surface area contributed by atoms with Gasteiger partial charge in [0.05, 0.1) is 0 Å². The Hall–Kier alpha value is -1.84. The Labute approximate surface area is 120 Å². The number of carbonyl (C=O) groups is 2. The molecule has 1 atom stereocenters. The van der Waals surface area contributed by atoms with Gasteiger partial charge in [0.1, 0.15) is 11.6 Å². The Kier molecular flexibility index (Phi) is 3.84. The summed E-state index contributed by atoms with van der Waals surface area (Å²) in [6, 6.07) is 7.42. The third-order valence-electron chi connectivity index (χ3n) is 3.71. The number of benzene rings is 1. The van der Waals surface area contributed by atoms with E-state index in [1.54, 1.807) is 25.7 Å². The molecule has 0 aliphatic carbocycles. The van der Waals surface area contributed by atoms with Crippen molar-refractivity contribution in [3.8, 4) is 0 Å². The van der Waals surface area contributed by atoms with Crippen LogP contribution in [-0.2, 0) is 16.0 Å². The highest BCUT2D eigenvalue weighted by Crippen LogP contribution is 2.25. The summed E-state index contributed by atoms with van der Waals surface area (Å²) in [5.74, 6) is -0.194. The molecule has 1 unspecified atom stereocenters. The van der Waals surface area contributed by atoms with Gasteiger partial charge in [-0.3, -0.25) is 14.5 Å². The van der Waals surface area contributed by atoms with Gasteiger partial charge in [0.2, 0.25) is 5.91 Å². The predicted molar refractivity (Wildman–Crippen MR) is 79.6 cm³/mol. The van der Waals surface area contributed by atoms with Gasteiger partial charge in [-0.1, -0.05) is 25.5 Å². The lowest BCUT2D eigenvalue weighted by molar-refractivity contribution is -0.136. The molecule has 4 nitrogen and oxygen atoms in total. The van der Waals surface area contributed by atoms with E-state index < -0.39 is 11.6 Å². The molecule has 0 radical (unpaired) electrons. The molecule has 1 aromatic carbocycles. The molecule has 108 valence electrons. The first-order valence-corrected chi connectivity index (χ1v) is 7.11. The third-order valence-corrected chi connectivity index (χ3v) is 3.71. The second-order valence-corrected chi connectivity index (χ2v) is 5.88. The number of anilines is 1. The average Bonchev–Trinajstić information content (AvgIpc) is 2.39. The Morgan fingerprint density at radius 1 is 1.20 bits per heavy atom. The van der Waals surface area contributed by atoms with Crippen molar-refractivity contribution in [1.82, 2.24) is 5.32 Å². The summed E-state index contributed by atoms with van der Waals surface area (Å²) < 4.78 is 0. The Bertz CT molecular complexity index is 520. The van der Waals surface area contributed by atoms with Crippen LogP contribution in [-0.4, -0.2) is 23.4 Å². The summed E-state index contributed by atoms with van der Waals surface area (Å²) in [5, 5.41) is 2.76. The topological polar surface area (TPSA) is 49.4 Å². The lowest BCUT2D eigenvalue weighted by Crippen LogP contribution is -2.67. The minimum Gasteiger partial charge on any atom is -0.340 e. The summed E-state index contributed by atoms with van der Waals surface area (Å²) in [7, 11) is 0. The molecule has 1 heterocycles. The van der Waals surface area contributed by atoms with Crippen LogP contribution < -0.4 is 10.2 Å². The molecule has 2 rings (SSSR count). The van der Waals surface area contributed by atoms with E-state index in [9.17, 15) is 9.59 Å². The molecule has 1 fully saturated rings. The molecule has 0 bridgehead atoms. The molecule has 2 amide bonds. The number of piperazine rings is 1. The fraction of sp³-hybridized carbons (Fsp3) is 0.500. The number of aryl methyl sites for hydroxylation is 1. The Balaban J connectivity index is 2.33. The Morgan fingerprint density at radius 2 is 1.80 bits per heavy atom. The molecule has 4 heteroatoms. The molecule has 1 N–H and O–H groups in total. The van der Waals surface area contributed by atoms with Crippen LogP contribution in [0.4, 0.5) is 5.69 Å². The zero-order valence-electron chi connectivity index (χ0n) is 12.6. The molecular weight excluding hydrogens is 252 g/mol. The first-order chi connectivity index (χ1) is 9.36. The van der Waals surface area contributed by atoms with Crippen LogP contribution in [0.15, 0.2) is 24.3 Å². The SMILES string of the molecule is CCCc1ccc(N2C(=O)C(C)(C)NC(=O)C2C)cc1. The maximum atomic E-state index is 12.5. The van der Waals surface area contributed by atoms with Gasteiger partial charge in [0, 0.05) is 5.69 Å². The van der Waals surface area contributed by atoms with Gasteiger partial charge in [-0.25, -0.2) is 0 Å². The van der Waals surface area contributed by atoms with Crippen molar-refractivity contribution < 1.29 is 9.59 Å². The van der Waals surface area contributed by atoms with E-state index in [4.69, 9.17) is 0 Å². The number of hydrogen-bond acceptors (Lipinski definition) is 2. The first-order valence-electron chi connectivity index (χ1n) is 7.11. The number of rotatable bonds is 3. The van der Waals surface area contributed by atoms with E-state index in [0.717, 1.165) is 18.5 Å². The van der Waals surface area contributed by atoms with E-state index >= 15 is 0 Å². The van der Waals surface area contributed by atoms with Crippen molar-refractivity contribution in [2.75, 3.05) is 4.90 Å². The van der Waals surface area contributed by atoms with Crippen LogP contribution in [0.3, 0.4) is 0 Å². The van der Waals surface area contributed by atoms with Crippen LogP contribution in [0.5, 0.6) is 0 Å². The first kappa shape index (κ1) is 14.6. The fourth-order valence-electron chi connectivity index (χ4n) is 2.51. The highest BCUT2D eigenvalue weighted by molar-refractivity contribution is 6.10. The van der Waals surface area contributed by atoms with Crippen molar-refractivity contribution in [3.63, 3.8) is 0 Å². The number of nitrogens with one attached hydrogen (secondary N) is 1. The minimum atomic E-state index is -0.855. The molecule has 1 aliphatic heterocycles. The van der Waals surface area contributed by atoms with Gasteiger partial charge in [0.25, 0.3) is 5.91 Å². The van der Waals surface area contributed by atoms with Crippen molar-refractivity contribution in [3.05, 3.63) is 29.8 Å². The number of hydrogen-bond donors (Lipinski definition) is 1. The molecule has 0 aromatic heterocycles. The smallest absolute Gasteiger partial charge is 0.252 e. The van der Waals surface area contributed by atoms with E-state index in [0.29, 0.717) is 0 Å². The maximum absolute atomic E-state index is 12.5. The van der Waals surface area contributed by atoms with E-state index in [2.05, 4.69) is 12.2 Å². The monoisotopic (exact) mass is 274 g/mol. The van der Waals surface area contributed by atoms with Gasteiger partial charge < -0.3 is 5.32 Å². The molecule has 0 spiro atoms. The van der Waals surface area contributed by atoms with Crippen LogP contribution in [0.1, 0.15) is 39.7 Å². The van der Waals surface area contributed by atoms with Crippen LogP contribution in [0.25, 0.3) is 0 Å². The predicted octanol–water partition coefficient (Wildman–Crippen LogP) is 2.27. The minimum absolute atomic E-state index is 0.0761. The van der Waals surface area contributed by atoms with Crippen molar-refractivity contribution in [2.45, 2.75) is 52.1 Å². The summed E-state index contributed by atoms with van der Waals surface area (Å²) in [4.78, 5) is 26.1. The number of nitrogens with zero attached hydrogens (tertiary/aromatic N) is 1. The number of carbonyl (C=O) groups excluding carboxylic acids is 2. The quantitative estimate of drug-likeness (QED) is 0.919. The molecule has 20 heavy (non-hydrogen) atoms. The van der Waals surface area contributed by atoms with E-state index in [-0.39, 0.29) is 11.8 Å². The zero-order valence-corrected chi connectivity index (χ0v) is 12.6. The normalized spacial score (nSPS) is 21.8. The van der Waals surface area contributed by atoms with Gasteiger partial charge in [-0.15, -0.1) is 0 Å². The van der Waals surface area contributed by atoms with Gasteiger partial charge in [-0.2, -0.15) is 0 Å². The summed E-state index contributed by atoms with van der Waals surface area (Å²) >= 11 is 0. The van der Waals surface area contributed by atoms with E-state index in [1.807, 2.05) is 24.3 Å².